The first-order chi connectivity index (χ1) is 13.6. The molecule has 3 aromatic rings. The van der Waals surface area contributed by atoms with Gasteiger partial charge in [0.05, 0.1) is 11.5 Å². The summed E-state index contributed by atoms with van der Waals surface area (Å²) in [5, 5.41) is 12.3. The third-order valence-electron chi connectivity index (χ3n) is 3.53. The summed E-state index contributed by atoms with van der Waals surface area (Å²) in [5.41, 5.74) is 5.09. The van der Waals surface area contributed by atoms with Crippen molar-refractivity contribution in [3.05, 3.63) is 71.5 Å². The highest BCUT2D eigenvalue weighted by Crippen LogP contribution is 2.30. The van der Waals surface area contributed by atoms with Crippen LogP contribution in [0.3, 0.4) is 0 Å². The smallest absolute Gasteiger partial charge is 0.250 e. The summed E-state index contributed by atoms with van der Waals surface area (Å²) < 4.78 is 14.6. The van der Waals surface area contributed by atoms with Gasteiger partial charge in [0.25, 0.3) is 5.91 Å². The Morgan fingerprint density at radius 1 is 1.07 bits per heavy atom. The number of hydrogen-bond acceptors (Lipinski definition) is 7. The zero-order chi connectivity index (χ0) is 19.8. The number of hydrogen-bond donors (Lipinski definition) is 1. The van der Waals surface area contributed by atoms with Crippen molar-refractivity contribution in [2.45, 2.75) is 21.4 Å². The molecular weight excluding hydrogens is 415 g/mol. The van der Waals surface area contributed by atoms with Crippen LogP contribution in [0.25, 0.3) is 0 Å². The van der Waals surface area contributed by atoms with Crippen LogP contribution in [0, 0.1) is 5.82 Å². The molecular formula is C19H17FN4OS3. The molecule has 0 unspecified atom stereocenters. The predicted octanol–water partition coefficient (Wildman–Crippen LogP) is 4.60. The van der Waals surface area contributed by atoms with Crippen LogP contribution in [0.5, 0.6) is 0 Å². The first kappa shape index (κ1) is 20.5. The first-order valence-corrected chi connectivity index (χ1v) is 11.1. The maximum absolute atomic E-state index is 12.9. The molecule has 9 heteroatoms. The summed E-state index contributed by atoms with van der Waals surface area (Å²) in [4.78, 5) is 12.0. The Morgan fingerprint density at radius 3 is 2.46 bits per heavy atom. The lowest BCUT2D eigenvalue weighted by Gasteiger charge is -2.02. The second-order valence-corrected chi connectivity index (χ2v) is 9.06. The van der Waals surface area contributed by atoms with Crippen LogP contribution in [-0.4, -0.2) is 27.6 Å². The molecule has 0 aliphatic heterocycles. The molecule has 0 fully saturated rings. The lowest BCUT2D eigenvalue weighted by Crippen LogP contribution is -2.21. The second kappa shape index (κ2) is 10.4. The molecule has 28 heavy (non-hydrogen) atoms. The molecule has 0 bridgehead atoms. The van der Waals surface area contributed by atoms with Crippen LogP contribution >= 0.6 is 34.9 Å². The summed E-state index contributed by atoms with van der Waals surface area (Å²) in [6.45, 7) is 1.75. The van der Waals surface area contributed by atoms with Gasteiger partial charge in [0.15, 0.2) is 8.68 Å². The van der Waals surface area contributed by atoms with Gasteiger partial charge in [0.1, 0.15) is 5.82 Å². The molecule has 0 saturated carbocycles. The van der Waals surface area contributed by atoms with E-state index in [1.165, 1.54) is 40.8 Å². The second-order valence-electron chi connectivity index (χ2n) is 5.64. The molecule has 1 heterocycles. The molecule has 0 atom stereocenters. The van der Waals surface area contributed by atoms with Crippen LogP contribution in [-0.2, 0) is 10.5 Å². The number of nitrogens with one attached hydrogen (secondary N) is 1. The maximum atomic E-state index is 12.9. The van der Waals surface area contributed by atoms with Gasteiger partial charge in [-0.25, -0.2) is 9.82 Å². The van der Waals surface area contributed by atoms with Crippen molar-refractivity contribution in [1.29, 1.82) is 0 Å². The first-order valence-electron chi connectivity index (χ1n) is 8.32. The molecule has 3 rings (SSSR count). The lowest BCUT2D eigenvalue weighted by atomic mass is 10.1. The van der Waals surface area contributed by atoms with E-state index >= 15 is 0 Å². The average Bonchev–Trinajstić information content (AvgIpc) is 3.18. The van der Waals surface area contributed by atoms with E-state index in [2.05, 4.69) is 32.9 Å². The minimum absolute atomic E-state index is 0.193. The Hall–Kier alpha value is -2.23. The zero-order valence-corrected chi connectivity index (χ0v) is 17.4. The average molecular weight is 433 g/mol. The molecule has 144 valence electrons. The fourth-order valence-electron chi connectivity index (χ4n) is 2.09. The van der Waals surface area contributed by atoms with E-state index in [0.29, 0.717) is 5.71 Å². The Bertz CT molecular complexity index is 945. The highest BCUT2D eigenvalue weighted by molar-refractivity contribution is 8.03. The van der Waals surface area contributed by atoms with Gasteiger partial charge in [0.2, 0.25) is 0 Å². The molecule has 1 N–H and O–H groups in total. The summed E-state index contributed by atoms with van der Waals surface area (Å²) in [7, 11) is 0. The van der Waals surface area contributed by atoms with Gasteiger partial charge in [-0.15, -0.1) is 10.2 Å². The number of hydrazone groups is 1. The summed E-state index contributed by atoms with van der Waals surface area (Å²) in [6, 6.07) is 16.1. The van der Waals surface area contributed by atoms with Crippen LogP contribution in [0.2, 0.25) is 0 Å². The fourth-order valence-corrected chi connectivity index (χ4v) is 4.86. The van der Waals surface area contributed by atoms with Crippen molar-refractivity contribution in [3.63, 3.8) is 0 Å². The third-order valence-corrected chi connectivity index (χ3v) is 6.79. The number of carbonyl (C=O) groups is 1. The van der Waals surface area contributed by atoms with Gasteiger partial charge in [-0.3, -0.25) is 4.79 Å². The number of thioether (sulfide) groups is 2. The molecule has 0 aliphatic rings. The van der Waals surface area contributed by atoms with Crippen molar-refractivity contribution >= 4 is 46.5 Å². The molecule has 0 spiro atoms. The molecule has 1 aromatic heterocycles. The fraction of sp³-hybridized carbons (Fsp3) is 0.158. The largest absolute Gasteiger partial charge is 0.272 e. The minimum Gasteiger partial charge on any atom is -0.272 e. The van der Waals surface area contributed by atoms with Gasteiger partial charge >= 0.3 is 0 Å². The Kier molecular flexibility index (Phi) is 7.58. The van der Waals surface area contributed by atoms with E-state index < -0.39 is 0 Å². The maximum Gasteiger partial charge on any atom is 0.250 e. The van der Waals surface area contributed by atoms with Gasteiger partial charge in [0, 0.05) is 5.75 Å². The summed E-state index contributed by atoms with van der Waals surface area (Å²) in [6.07, 6.45) is 0. The van der Waals surface area contributed by atoms with Gasteiger partial charge < -0.3 is 0 Å². The van der Waals surface area contributed by atoms with Gasteiger partial charge in [-0.2, -0.15) is 5.10 Å². The highest BCUT2D eigenvalue weighted by atomic mass is 32.2. The number of amides is 1. The van der Waals surface area contributed by atoms with Crippen LogP contribution in [0.4, 0.5) is 4.39 Å². The topological polar surface area (TPSA) is 67.2 Å². The van der Waals surface area contributed by atoms with Crippen molar-refractivity contribution in [1.82, 2.24) is 15.6 Å². The number of carbonyl (C=O) groups excluding carboxylic acids is 1. The van der Waals surface area contributed by atoms with E-state index in [-0.39, 0.29) is 17.5 Å². The number of rotatable bonds is 8. The van der Waals surface area contributed by atoms with Crippen LogP contribution in [0.1, 0.15) is 18.1 Å². The summed E-state index contributed by atoms with van der Waals surface area (Å²) >= 11 is 4.41. The van der Waals surface area contributed by atoms with Crippen molar-refractivity contribution in [2.24, 2.45) is 5.10 Å². The summed E-state index contributed by atoms with van der Waals surface area (Å²) in [5.74, 6) is 0.478. The van der Waals surface area contributed by atoms with Crippen molar-refractivity contribution < 1.29 is 9.18 Å². The van der Waals surface area contributed by atoms with Crippen molar-refractivity contribution in [3.8, 4) is 0 Å². The Balaban J connectivity index is 1.44. The molecule has 0 saturated heterocycles. The normalized spacial score (nSPS) is 11.4. The SMILES string of the molecule is C/C(=N\NC(=O)CSc1nnc(SCc2ccccc2)s1)c1ccc(F)cc1. The number of aromatic nitrogens is 2. The van der Waals surface area contributed by atoms with E-state index in [0.717, 1.165) is 20.0 Å². The molecule has 0 aliphatic carbocycles. The van der Waals surface area contributed by atoms with E-state index in [1.807, 2.05) is 18.2 Å². The molecule has 2 aromatic carbocycles. The van der Waals surface area contributed by atoms with E-state index in [9.17, 15) is 9.18 Å². The Morgan fingerprint density at radius 2 is 1.75 bits per heavy atom. The van der Waals surface area contributed by atoms with E-state index in [4.69, 9.17) is 0 Å². The quantitative estimate of drug-likeness (QED) is 0.320. The minimum atomic E-state index is -0.310. The molecule has 1 amide bonds. The lowest BCUT2D eigenvalue weighted by molar-refractivity contribution is -0.118. The van der Waals surface area contributed by atoms with E-state index in [1.54, 1.807) is 30.8 Å². The van der Waals surface area contributed by atoms with Gasteiger partial charge in [-0.1, -0.05) is 77.3 Å². The zero-order valence-electron chi connectivity index (χ0n) is 15.0. The molecule has 5 nitrogen and oxygen atoms in total. The molecule has 0 radical (unpaired) electrons. The van der Waals surface area contributed by atoms with Gasteiger partial charge in [-0.05, 0) is 30.2 Å². The van der Waals surface area contributed by atoms with Crippen LogP contribution < -0.4 is 5.43 Å². The third kappa shape index (κ3) is 6.43. The standard InChI is InChI=1S/C19H17FN4OS3/c1-13(15-7-9-16(20)10-8-15)21-22-17(25)12-27-19-24-23-18(28-19)26-11-14-5-3-2-4-6-14/h2-10H,11-12H2,1H3,(H,22,25)/b21-13+. The highest BCUT2D eigenvalue weighted by Gasteiger charge is 2.09. The number of benzene rings is 2. The monoisotopic (exact) mass is 432 g/mol. The van der Waals surface area contributed by atoms with Crippen molar-refractivity contribution in [2.75, 3.05) is 5.75 Å². The number of halogens is 1. The Labute approximate surface area is 174 Å². The van der Waals surface area contributed by atoms with Crippen LogP contribution in [0.15, 0.2) is 68.4 Å². The number of nitrogens with zero attached hydrogens (tertiary/aromatic N) is 3. The predicted molar refractivity (Wildman–Crippen MR) is 113 cm³/mol.